The van der Waals surface area contributed by atoms with Crippen LogP contribution in [0, 0.1) is 0 Å². The summed E-state index contributed by atoms with van der Waals surface area (Å²) in [5.41, 5.74) is 0.988. The highest BCUT2D eigenvalue weighted by Gasteiger charge is 2.37. The smallest absolute Gasteiger partial charge is 0.335 e. The SMILES string of the molecule is O=C1NC(=O)N(c2ccc3c(c2)OCO3)C(=O)/C1=C/c1cc(Cl)c(OCc2ccc(Cl)c(Cl)c2)c(Cl)c1. The Morgan fingerprint density at radius 1 is 0.865 bits per heavy atom. The van der Waals surface area contributed by atoms with E-state index in [1.54, 1.807) is 24.3 Å². The van der Waals surface area contributed by atoms with Gasteiger partial charge in [0.25, 0.3) is 11.8 Å². The molecule has 188 valence electrons. The molecule has 3 aromatic carbocycles. The Morgan fingerprint density at radius 3 is 2.32 bits per heavy atom. The van der Waals surface area contributed by atoms with E-state index < -0.39 is 17.8 Å². The normalized spacial score (nSPS) is 15.8. The predicted molar refractivity (Wildman–Crippen MR) is 139 cm³/mol. The average Bonchev–Trinajstić information content (AvgIpc) is 3.31. The van der Waals surface area contributed by atoms with Crippen LogP contribution in [0.15, 0.2) is 54.1 Å². The van der Waals surface area contributed by atoms with Crippen LogP contribution in [0.3, 0.4) is 0 Å². The van der Waals surface area contributed by atoms with Crippen molar-refractivity contribution in [1.82, 2.24) is 5.32 Å². The minimum absolute atomic E-state index is 0.0250. The van der Waals surface area contributed by atoms with Crippen LogP contribution in [0.1, 0.15) is 11.1 Å². The highest BCUT2D eigenvalue weighted by atomic mass is 35.5. The summed E-state index contributed by atoms with van der Waals surface area (Å²) in [6.45, 7) is 0.140. The number of imide groups is 2. The van der Waals surface area contributed by atoms with E-state index in [0.29, 0.717) is 27.1 Å². The molecule has 5 rings (SSSR count). The number of halogens is 4. The van der Waals surface area contributed by atoms with Gasteiger partial charge < -0.3 is 14.2 Å². The predicted octanol–water partition coefficient (Wildman–Crippen LogP) is 6.27. The van der Waals surface area contributed by atoms with E-state index >= 15 is 0 Å². The summed E-state index contributed by atoms with van der Waals surface area (Å²) in [5, 5.41) is 3.25. The molecular weight excluding hydrogens is 566 g/mol. The van der Waals surface area contributed by atoms with E-state index in [0.717, 1.165) is 10.5 Å². The standard InChI is InChI=1S/C25H14Cl4N2O6/c26-16-3-1-12(6-17(16)27)10-35-22-18(28)7-13(8-19(22)29)5-15-23(32)30-25(34)31(24(15)33)14-2-4-20-21(9-14)37-11-36-20/h1-9H,10-11H2,(H,30,32,34)/b15-5+. The first-order valence-electron chi connectivity index (χ1n) is 10.6. The van der Waals surface area contributed by atoms with Crippen molar-refractivity contribution in [3.05, 3.63) is 85.3 Å². The van der Waals surface area contributed by atoms with E-state index in [1.807, 2.05) is 0 Å². The molecule has 37 heavy (non-hydrogen) atoms. The molecule has 0 radical (unpaired) electrons. The Labute approximate surface area is 230 Å². The summed E-state index contributed by atoms with van der Waals surface area (Å²) < 4.78 is 16.3. The number of hydrogen-bond donors (Lipinski definition) is 1. The van der Waals surface area contributed by atoms with Crippen LogP contribution >= 0.6 is 46.4 Å². The third kappa shape index (κ3) is 5.06. The number of amides is 4. The zero-order valence-electron chi connectivity index (χ0n) is 18.5. The van der Waals surface area contributed by atoms with Gasteiger partial charge in [0.1, 0.15) is 12.2 Å². The summed E-state index contributed by atoms with van der Waals surface area (Å²) in [5.74, 6) is -0.645. The van der Waals surface area contributed by atoms with Gasteiger partial charge >= 0.3 is 6.03 Å². The van der Waals surface area contributed by atoms with Crippen LogP contribution < -0.4 is 24.4 Å². The first-order chi connectivity index (χ1) is 17.7. The maximum Gasteiger partial charge on any atom is 0.335 e. The summed E-state index contributed by atoms with van der Waals surface area (Å²) >= 11 is 24.7. The van der Waals surface area contributed by atoms with Gasteiger partial charge in [0.2, 0.25) is 6.79 Å². The zero-order valence-corrected chi connectivity index (χ0v) is 21.5. The Hall–Kier alpha value is -3.43. The molecule has 0 aromatic heterocycles. The minimum atomic E-state index is -0.895. The summed E-state index contributed by atoms with van der Waals surface area (Å²) in [6, 6.07) is 11.7. The van der Waals surface area contributed by atoms with Crippen molar-refractivity contribution in [1.29, 1.82) is 0 Å². The topological polar surface area (TPSA) is 94.2 Å². The average molecular weight is 580 g/mol. The number of nitrogens with zero attached hydrogens (tertiary/aromatic N) is 1. The van der Waals surface area contributed by atoms with Crippen molar-refractivity contribution in [2.45, 2.75) is 6.61 Å². The molecule has 1 N–H and O–H groups in total. The Bertz CT molecular complexity index is 1480. The van der Waals surface area contributed by atoms with E-state index in [2.05, 4.69) is 5.32 Å². The molecule has 4 amide bonds. The molecular formula is C25H14Cl4N2O6. The number of urea groups is 1. The fourth-order valence-electron chi connectivity index (χ4n) is 3.67. The molecule has 2 heterocycles. The van der Waals surface area contributed by atoms with Gasteiger partial charge in [-0.15, -0.1) is 0 Å². The van der Waals surface area contributed by atoms with E-state index in [9.17, 15) is 14.4 Å². The monoisotopic (exact) mass is 578 g/mol. The van der Waals surface area contributed by atoms with Crippen LogP contribution in [0.4, 0.5) is 10.5 Å². The van der Waals surface area contributed by atoms with Gasteiger partial charge in [0, 0.05) is 6.07 Å². The van der Waals surface area contributed by atoms with E-state index in [1.165, 1.54) is 30.3 Å². The van der Waals surface area contributed by atoms with Crippen LogP contribution in [0.2, 0.25) is 20.1 Å². The number of barbiturate groups is 1. The number of nitrogens with one attached hydrogen (secondary N) is 1. The molecule has 2 aliphatic rings. The first kappa shape index (κ1) is 25.2. The molecule has 0 atom stereocenters. The Balaban J connectivity index is 1.40. The van der Waals surface area contributed by atoms with Crippen LogP contribution in [-0.2, 0) is 16.2 Å². The fraction of sp³-hybridized carbons (Fsp3) is 0.0800. The number of hydrogen-bond acceptors (Lipinski definition) is 6. The molecule has 12 heteroatoms. The van der Waals surface area contributed by atoms with Gasteiger partial charge in [-0.1, -0.05) is 52.5 Å². The number of benzene rings is 3. The summed E-state index contributed by atoms with van der Waals surface area (Å²) in [4.78, 5) is 39.0. The number of carbonyl (C=O) groups excluding carboxylic acids is 3. The maximum absolute atomic E-state index is 13.2. The maximum atomic E-state index is 13.2. The number of fused-ring (bicyclic) bond motifs is 1. The Morgan fingerprint density at radius 2 is 1.59 bits per heavy atom. The fourth-order valence-corrected chi connectivity index (χ4v) is 4.60. The minimum Gasteiger partial charge on any atom is -0.486 e. The van der Waals surface area contributed by atoms with Gasteiger partial charge in [-0.3, -0.25) is 14.9 Å². The third-order valence-electron chi connectivity index (χ3n) is 5.41. The van der Waals surface area contributed by atoms with Crippen molar-refractivity contribution in [2.24, 2.45) is 0 Å². The molecule has 0 bridgehead atoms. The number of carbonyl (C=O) groups is 3. The first-order valence-corrected chi connectivity index (χ1v) is 12.1. The molecule has 0 unspecified atom stereocenters. The lowest BCUT2D eigenvalue weighted by Crippen LogP contribution is -2.54. The van der Waals surface area contributed by atoms with Gasteiger partial charge in [-0.2, -0.15) is 0 Å². The second-order valence-electron chi connectivity index (χ2n) is 7.85. The van der Waals surface area contributed by atoms with Crippen LogP contribution in [-0.4, -0.2) is 24.6 Å². The molecule has 0 spiro atoms. The van der Waals surface area contributed by atoms with E-state index in [-0.39, 0.29) is 40.5 Å². The lowest BCUT2D eigenvalue weighted by atomic mass is 10.1. The molecule has 8 nitrogen and oxygen atoms in total. The van der Waals surface area contributed by atoms with Crippen molar-refractivity contribution < 1.29 is 28.6 Å². The molecule has 0 aliphatic carbocycles. The largest absolute Gasteiger partial charge is 0.486 e. The van der Waals surface area contributed by atoms with Gasteiger partial charge in [0.15, 0.2) is 17.2 Å². The van der Waals surface area contributed by atoms with Crippen LogP contribution in [0.25, 0.3) is 6.08 Å². The quantitative estimate of drug-likeness (QED) is 0.283. The molecule has 0 saturated carbocycles. The highest BCUT2D eigenvalue weighted by Crippen LogP contribution is 2.38. The zero-order chi connectivity index (χ0) is 26.3. The molecule has 2 aliphatic heterocycles. The van der Waals surface area contributed by atoms with E-state index in [4.69, 9.17) is 60.6 Å². The number of rotatable bonds is 5. The third-order valence-corrected chi connectivity index (χ3v) is 6.72. The van der Waals surface area contributed by atoms with Crippen molar-refractivity contribution in [3.8, 4) is 17.2 Å². The summed E-state index contributed by atoms with van der Waals surface area (Å²) in [7, 11) is 0. The molecule has 1 fully saturated rings. The second-order valence-corrected chi connectivity index (χ2v) is 9.48. The highest BCUT2D eigenvalue weighted by molar-refractivity contribution is 6.42. The molecule has 3 aromatic rings. The Kier molecular flexibility index (Phi) is 6.92. The number of ether oxygens (including phenoxy) is 3. The second kappa shape index (κ2) is 10.1. The van der Waals surface area contributed by atoms with Gasteiger partial charge in [-0.25, -0.2) is 9.69 Å². The summed E-state index contributed by atoms with van der Waals surface area (Å²) in [6.07, 6.45) is 1.28. The van der Waals surface area contributed by atoms with Crippen molar-refractivity contribution in [3.63, 3.8) is 0 Å². The molecule has 1 saturated heterocycles. The lowest BCUT2D eigenvalue weighted by Gasteiger charge is -2.26. The van der Waals surface area contributed by atoms with Gasteiger partial charge in [0.05, 0.1) is 25.8 Å². The van der Waals surface area contributed by atoms with Crippen molar-refractivity contribution in [2.75, 3.05) is 11.7 Å². The van der Waals surface area contributed by atoms with Crippen LogP contribution in [0.5, 0.6) is 17.2 Å². The van der Waals surface area contributed by atoms with Crippen molar-refractivity contribution >= 4 is 76.0 Å². The lowest BCUT2D eigenvalue weighted by molar-refractivity contribution is -0.122. The van der Waals surface area contributed by atoms with Gasteiger partial charge in [-0.05, 0) is 53.6 Å². The number of anilines is 1.